The summed E-state index contributed by atoms with van der Waals surface area (Å²) in [6.45, 7) is 3.46. The van der Waals surface area contributed by atoms with Crippen LogP contribution in [0.15, 0.2) is 37.4 Å². The van der Waals surface area contributed by atoms with Crippen LogP contribution in [0.25, 0.3) is 0 Å². The van der Waals surface area contributed by atoms with E-state index in [9.17, 15) is 0 Å². The fraction of sp³-hybridized carbons (Fsp3) is 0.500. The van der Waals surface area contributed by atoms with Crippen LogP contribution in [-0.2, 0) is 13.1 Å². The van der Waals surface area contributed by atoms with Gasteiger partial charge in [0.25, 0.3) is 0 Å². The lowest BCUT2D eigenvalue weighted by molar-refractivity contribution is 0.650. The fourth-order valence-corrected chi connectivity index (χ4v) is 1.39. The van der Waals surface area contributed by atoms with Crippen LogP contribution in [0.1, 0.15) is 12.8 Å². The summed E-state index contributed by atoms with van der Waals surface area (Å²) in [5.74, 6) is 0. The van der Waals surface area contributed by atoms with Crippen LogP contribution >= 0.6 is 0 Å². The molecule has 2 aromatic rings. The molecule has 0 saturated heterocycles. The number of nitrogens with zero attached hydrogens (tertiary/aromatic N) is 4. The zero-order valence-electron chi connectivity index (χ0n) is 10.7. The lowest BCUT2D eigenvalue weighted by Crippen LogP contribution is -2.03. The highest BCUT2D eigenvalue weighted by Crippen LogP contribution is 1.87. The van der Waals surface area contributed by atoms with Crippen LogP contribution in [0.4, 0.5) is 0 Å². The Morgan fingerprint density at radius 1 is 0.778 bits per heavy atom. The third-order valence-corrected chi connectivity index (χ3v) is 2.36. The molecule has 0 bridgehead atoms. The largest absolute Gasteiger partial charge is 0.337 e. The molecule has 0 fully saturated rings. The highest BCUT2D eigenvalue weighted by atomic mass is 15.0. The van der Waals surface area contributed by atoms with Crippen LogP contribution in [0.5, 0.6) is 0 Å². The zero-order valence-corrected chi connectivity index (χ0v) is 10.7. The summed E-state index contributed by atoms with van der Waals surface area (Å²) < 4.78 is 4.04. The molecule has 0 aliphatic carbocycles. The third kappa shape index (κ3) is 6.17. The minimum Gasteiger partial charge on any atom is -0.337 e. The summed E-state index contributed by atoms with van der Waals surface area (Å²) in [7, 11) is 0. The zero-order chi connectivity index (χ0) is 13.1. The van der Waals surface area contributed by atoms with Gasteiger partial charge in [-0.05, 0) is 25.9 Å². The van der Waals surface area contributed by atoms with Crippen molar-refractivity contribution < 1.29 is 0 Å². The number of rotatable bonds is 6. The predicted octanol–water partition coefficient (Wildman–Crippen LogP) is 0.464. The maximum atomic E-state index is 5.31. The standard InChI is InChI=1S/2C6H11N3/c2*7-2-1-4-9-5-3-8-6-9/h2*3,5-6H,1-2,4,7H2. The van der Waals surface area contributed by atoms with E-state index in [-0.39, 0.29) is 0 Å². The number of imidazole rings is 2. The Bertz CT molecular complexity index is 329. The molecule has 0 unspecified atom stereocenters. The van der Waals surface area contributed by atoms with Gasteiger partial charge in [0.15, 0.2) is 0 Å². The van der Waals surface area contributed by atoms with Crippen molar-refractivity contribution in [2.75, 3.05) is 13.1 Å². The van der Waals surface area contributed by atoms with E-state index in [0.717, 1.165) is 39.0 Å². The Hall–Kier alpha value is -1.66. The molecule has 18 heavy (non-hydrogen) atoms. The van der Waals surface area contributed by atoms with Gasteiger partial charge in [-0.25, -0.2) is 9.97 Å². The molecule has 2 heterocycles. The Labute approximate surface area is 108 Å². The molecule has 0 saturated carbocycles. The van der Waals surface area contributed by atoms with Gasteiger partial charge in [0.2, 0.25) is 0 Å². The number of aromatic nitrogens is 4. The summed E-state index contributed by atoms with van der Waals surface area (Å²) >= 11 is 0. The first-order chi connectivity index (χ1) is 8.86. The van der Waals surface area contributed by atoms with Crippen LogP contribution in [0.2, 0.25) is 0 Å². The van der Waals surface area contributed by atoms with Crippen molar-refractivity contribution in [3.05, 3.63) is 37.4 Å². The van der Waals surface area contributed by atoms with E-state index in [1.54, 1.807) is 25.0 Å². The Morgan fingerprint density at radius 3 is 1.50 bits per heavy atom. The van der Waals surface area contributed by atoms with Crippen molar-refractivity contribution in [3.63, 3.8) is 0 Å². The Kier molecular flexibility index (Phi) is 7.50. The molecule has 2 aromatic heterocycles. The molecule has 6 nitrogen and oxygen atoms in total. The molecule has 4 N–H and O–H groups in total. The van der Waals surface area contributed by atoms with Crippen LogP contribution < -0.4 is 11.5 Å². The smallest absolute Gasteiger partial charge is 0.0945 e. The molecule has 2 rings (SSSR count). The maximum absolute atomic E-state index is 5.31. The third-order valence-electron chi connectivity index (χ3n) is 2.36. The van der Waals surface area contributed by atoms with E-state index in [0.29, 0.717) is 0 Å². The molecule has 0 radical (unpaired) electrons. The van der Waals surface area contributed by atoms with E-state index < -0.39 is 0 Å². The SMILES string of the molecule is NCCCn1ccnc1.NCCCn1ccnc1. The predicted molar refractivity (Wildman–Crippen MR) is 71.8 cm³/mol. The second-order valence-corrected chi connectivity index (χ2v) is 3.89. The second kappa shape index (κ2) is 9.38. The molecular weight excluding hydrogens is 228 g/mol. The van der Waals surface area contributed by atoms with Gasteiger partial charge in [-0.1, -0.05) is 0 Å². The van der Waals surface area contributed by atoms with Gasteiger partial charge in [-0.2, -0.15) is 0 Å². The summed E-state index contributed by atoms with van der Waals surface area (Å²) in [4.78, 5) is 7.79. The van der Waals surface area contributed by atoms with Crippen molar-refractivity contribution in [1.29, 1.82) is 0 Å². The summed E-state index contributed by atoms with van der Waals surface area (Å²) in [6.07, 6.45) is 13.1. The molecule has 6 heteroatoms. The molecule has 0 aliphatic rings. The fourth-order valence-electron chi connectivity index (χ4n) is 1.39. The van der Waals surface area contributed by atoms with E-state index in [1.165, 1.54) is 0 Å². The molecule has 0 spiro atoms. The second-order valence-electron chi connectivity index (χ2n) is 3.89. The first-order valence-electron chi connectivity index (χ1n) is 6.18. The molecule has 0 atom stereocenters. The van der Waals surface area contributed by atoms with Gasteiger partial charge in [0.05, 0.1) is 12.7 Å². The maximum Gasteiger partial charge on any atom is 0.0945 e. The van der Waals surface area contributed by atoms with Crippen molar-refractivity contribution >= 4 is 0 Å². The van der Waals surface area contributed by atoms with E-state index >= 15 is 0 Å². The molecule has 0 aromatic carbocycles. The molecular formula is C12H22N6. The van der Waals surface area contributed by atoms with E-state index in [4.69, 9.17) is 11.5 Å². The summed E-state index contributed by atoms with van der Waals surface area (Å²) in [5.41, 5.74) is 10.6. The molecule has 0 aliphatic heterocycles. The van der Waals surface area contributed by atoms with Gasteiger partial charge in [-0.15, -0.1) is 0 Å². The number of hydrogen-bond acceptors (Lipinski definition) is 4. The summed E-state index contributed by atoms with van der Waals surface area (Å²) in [5, 5.41) is 0. The minimum atomic E-state index is 0.748. The van der Waals surface area contributed by atoms with Crippen molar-refractivity contribution in [2.24, 2.45) is 11.5 Å². The van der Waals surface area contributed by atoms with E-state index in [2.05, 4.69) is 9.97 Å². The minimum absolute atomic E-state index is 0.748. The highest BCUT2D eigenvalue weighted by molar-refractivity contribution is 4.74. The first kappa shape index (κ1) is 14.4. The first-order valence-corrected chi connectivity index (χ1v) is 6.18. The van der Waals surface area contributed by atoms with Gasteiger partial charge >= 0.3 is 0 Å². The Morgan fingerprint density at radius 2 is 1.22 bits per heavy atom. The lowest BCUT2D eigenvalue weighted by Gasteiger charge is -1.96. The van der Waals surface area contributed by atoms with Crippen LogP contribution in [0, 0.1) is 0 Å². The van der Waals surface area contributed by atoms with Gasteiger partial charge in [-0.3, -0.25) is 0 Å². The number of aryl methyl sites for hydroxylation is 2. The average molecular weight is 250 g/mol. The summed E-state index contributed by atoms with van der Waals surface area (Å²) in [6, 6.07) is 0. The quantitative estimate of drug-likeness (QED) is 0.780. The Balaban J connectivity index is 0.000000180. The van der Waals surface area contributed by atoms with Gasteiger partial charge in [0, 0.05) is 37.9 Å². The molecule has 100 valence electrons. The van der Waals surface area contributed by atoms with Crippen LogP contribution in [-0.4, -0.2) is 32.2 Å². The monoisotopic (exact) mass is 250 g/mol. The van der Waals surface area contributed by atoms with Crippen molar-refractivity contribution in [3.8, 4) is 0 Å². The average Bonchev–Trinajstić information content (AvgIpc) is 3.07. The van der Waals surface area contributed by atoms with Gasteiger partial charge in [0.1, 0.15) is 0 Å². The highest BCUT2D eigenvalue weighted by Gasteiger charge is 1.86. The van der Waals surface area contributed by atoms with Crippen molar-refractivity contribution in [2.45, 2.75) is 25.9 Å². The normalized spacial score (nSPS) is 9.89. The number of nitrogens with two attached hydrogens (primary N) is 2. The molecule has 0 amide bonds. The van der Waals surface area contributed by atoms with E-state index in [1.807, 2.05) is 21.5 Å². The van der Waals surface area contributed by atoms with Gasteiger partial charge < -0.3 is 20.6 Å². The topological polar surface area (TPSA) is 87.7 Å². The number of hydrogen-bond donors (Lipinski definition) is 2. The van der Waals surface area contributed by atoms with Crippen molar-refractivity contribution in [1.82, 2.24) is 19.1 Å². The van der Waals surface area contributed by atoms with Crippen LogP contribution in [0.3, 0.4) is 0 Å². The lowest BCUT2D eigenvalue weighted by atomic mass is 10.4.